The third kappa shape index (κ3) is 4.49. The summed E-state index contributed by atoms with van der Waals surface area (Å²) in [6.07, 6.45) is 1.67. The molecule has 0 unspecified atom stereocenters. The Morgan fingerprint density at radius 2 is 1.97 bits per heavy atom. The monoisotopic (exact) mass is 410 g/mol. The fourth-order valence-electron chi connectivity index (χ4n) is 3.73. The maximum Gasteiger partial charge on any atom is 0.273 e. The second-order valence-corrected chi connectivity index (χ2v) is 7.29. The minimum absolute atomic E-state index is 0.0463. The first kappa shape index (κ1) is 20.0. The van der Waals surface area contributed by atoms with E-state index in [1.807, 2.05) is 24.3 Å². The van der Waals surface area contributed by atoms with Crippen molar-refractivity contribution in [2.45, 2.75) is 13.0 Å². The lowest BCUT2D eigenvalue weighted by atomic mass is 10.1. The fraction of sp³-hybridized carbons (Fsp3) is 0.364. The zero-order valence-electron chi connectivity index (χ0n) is 17.2. The van der Waals surface area contributed by atoms with Crippen molar-refractivity contribution in [3.05, 3.63) is 65.9 Å². The van der Waals surface area contributed by atoms with Crippen LogP contribution in [0.15, 0.2) is 57.7 Å². The molecule has 0 radical (unpaired) electrons. The van der Waals surface area contributed by atoms with Crippen LogP contribution in [0, 0.1) is 6.92 Å². The Bertz CT molecular complexity index is 944. The number of methoxy groups -OCH3 is 1. The highest BCUT2D eigenvalue weighted by Gasteiger charge is 2.28. The number of hydrogen-bond donors (Lipinski definition) is 1. The molecule has 0 spiro atoms. The van der Waals surface area contributed by atoms with Crippen molar-refractivity contribution in [3.63, 3.8) is 0 Å². The Morgan fingerprint density at radius 3 is 2.57 bits per heavy atom. The van der Waals surface area contributed by atoms with Crippen molar-refractivity contribution in [2.75, 3.05) is 44.7 Å². The van der Waals surface area contributed by atoms with Crippen LogP contribution in [0.1, 0.15) is 28.1 Å². The summed E-state index contributed by atoms with van der Waals surface area (Å²) in [6.45, 7) is 5.69. The van der Waals surface area contributed by atoms with Gasteiger partial charge in [0.05, 0.1) is 19.4 Å². The molecule has 1 atom stereocenters. The van der Waals surface area contributed by atoms with Gasteiger partial charge in [0, 0.05) is 44.5 Å². The van der Waals surface area contributed by atoms with E-state index in [4.69, 9.17) is 13.7 Å². The highest BCUT2D eigenvalue weighted by Crippen LogP contribution is 2.25. The summed E-state index contributed by atoms with van der Waals surface area (Å²) in [5, 5.41) is 6.75. The summed E-state index contributed by atoms with van der Waals surface area (Å²) >= 11 is 0. The number of aromatic nitrogens is 1. The molecular formula is C22H26N4O4. The SMILES string of the molecule is COc1ccc(N2CCN([C@H](CNC(=O)c3cc(C)on3)c3ccco3)CC2)cc1. The predicted octanol–water partition coefficient (Wildman–Crippen LogP) is 2.88. The number of hydrogen-bond acceptors (Lipinski definition) is 7. The van der Waals surface area contributed by atoms with Gasteiger partial charge in [0.15, 0.2) is 5.69 Å². The van der Waals surface area contributed by atoms with Gasteiger partial charge >= 0.3 is 0 Å². The summed E-state index contributed by atoms with van der Waals surface area (Å²) in [7, 11) is 1.67. The average Bonchev–Trinajstić information content (AvgIpc) is 3.46. The minimum Gasteiger partial charge on any atom is -0.497 e. The quantitative estimate of drug-likeness (QED) is 0.641. The van der Waals surface area contributed by atoms with Gasteiger partial charge < -0.3 is 23.9 Å². The number of nitrogens with one attached hydrogen (secondary N) is 1. The third-order valence-corrected chi connectivity index (χ3v) is 5.38. The van der Waals surface area contributed by atoms with Gasteiger partial charge in [0.2, 0.25) is 0 Å². The van der Waals surface area contributed by atoms with E-state index in [1.54, 1.807) is 26.4 Å². The number of furan rings is 1. The molecule has 8 heteroatoms. The molecule has 4 rings (SSSR count). The Hall–Kier alpha value is -3.26. The molecule has 0 aliphatic carbocycles. The van der Waals surface area contributed by atoms with Gasteiger partial charge in [-0.25, -0.2) is 0 Å². The topological polar surface area (TPSA) is 84.0 Å². The van der Waals surface area contributed by atoms with E-state index < -0.39 is 0 Å². The number of carbonyl (C=O) groups excluding carboxylic acids is 1. The molecule has 2 aromatic heterocycles. The number of benzene rings is 1. The fourth-order valence-corrected chi connectivity index (χ4v) is 3.73. The molecule has 3 aromatic rings. The first-order chi connectivity index (χ1) is 14.6. The van der Waals surface area contributed by atoms with Crippen molar-refractivity contribution in [3.8, 4) is 5.75 Å². The lowest BCUT2D eigenvalue weighted by molar-refractivity contribution is 0.0914. The van der Waals surface area contributed by atoms with Crippen LogP contribution in [0.2, 0.25) is 0 Å². The first-order valence-corrected chi connectivity index (χ1v) is 10.0. The van der Waals surface area contributed by atoms with Gasteiger partial charge in [-0.15, -0.1) is 0 Å². The summed E-state index contributed by atoms with van der Waals surface area (Å²) in [6, 6.07) is 13.5. The Labute approximate surface area is 175 Å². The molecule has 1 aliphatic heterocycles. The van der Waals surface area contributed by atoms with Gasteiger partial charge in [-0.1, -0.05) is 5.16 Å². The van der Waals surface area contributed by atoms with Gasteiger partial charge in [-0.2, -0.15) is 0 Å². The maximum atomic E-state index is 12.4. The Kier molecular flexibility index (Phi) is 6.04. The molecule has 8 nitrogen and oxygen atoms in total. The number of amides is 1. The normalized spacial score (nSPS) is 15.7. The summed E-state index contributed by atoms with van der Waals surface area (Å²) < 4.78 is 15.9. The van der Waals surface area contributed by atoms with E-state index >= 15 is 0 Å². The Morgan fingerprint density at radius 1 is 1.20 bits per heavy atom. The largest absolute Gasteiger partial charge is 0.497 e. The zero-order valence-corrected chi connectivity index (χ0v) is 17.2. The average molecular weight is 410 g/mol. The number of anilines is 1. The highest BCUT2D eigenvalue weighted by molar-refractivity contribution is 5.92. The van der Waals surface area contributed by atoms with Crippen LogP contribution >= 0.6 is 0 Å². The molecule has 1 aromatic carbocycles. The summed E-state index contributed by atoms with van der Waals surface area (Å²) in [4.78, 5) is 17.1. The molecule has 0 saturated carbocycles. The molecule has 1 N–H and O–H groups in total. The molecule has 1 amide bonds. The van der Waals surface area contributed by atoms with Crippen LogP contribution in [0.4, 0.5) is 5.69 Å². The number of aryl methyl sites for hydroxylation is 1. The van der Waals surface area contributed by atoms with Crippen molar-refractivity contribution in [1.29, 1.82) is 0 Å². The number of piperazine rings is 1. The van der Waals surface area contributed by atoms with Crippen LogP contribution in [-0.4, -0.2) is 55.8 Å². The number of ether oxygens (including phenoxy) is 1. The van der Waals surface area contributed by atoms with Crippen LogP contribution < -0.4 is 15.0 Å². The smallest absolute Gasteiger partial charge is 0.273 e. The van der Waals surface area contributed by atoms with E-state index in [2.05, 4.69) is 32.4 Å². The van der Waals surface area contributed by atoms with Crippen LogP contribution in [-0.2, 0) is 0 Å². The van der Waals surface area contributed by atoms with E-state index in [0.717, 1.165) is 37.7 Å². The van der Waals surface area contributed by atoms with Gasteiger partial charge in [-0.05, 0) is 43.3 Å². The van der Waals surface area contributed by atoms with E-state index in [-0.39, 0.29) is 17.6 Å². The van der Waals surface area contributed by atoms with Crippen molar-refractivity contribution >= 4 is 11.6 Å². The lowest BCUT2D eigenvalue weighted by Gasteiger charge is -2.39. The summed E-state index contributed by atoms with van der Waals surface area (Å²) in [5.41, 5.74) is 1.47. The van der Waals surface area contributed by atoms with E-state index in [9.17, 15) is 4.79 Å². The van der Waals surface area contributed by atoms with Crippen molar-refractivity contribution in [2.24, 2.45) is 0 Å². The lowest BCUT2D eigenvalue weighted by Crippen LogP contribution is -2.49. The highest BCUT2D eigenvalue weighted by atomic mass is 16.5. The number of nitrogens with zero attached hydrogens (tertiary/aromatic N) is 3. The van der Waals surface area contributed by atoms with Crippen molar-refractivity contribution < 1.29 is 18.5 Å². The zero-order chi connectivity index (χ0) is 20.9. The molecule has 1 aliphatic rings. The molecule has 158 valence electrons. The first-order valence-electron chi connectivity index (χ1n) is 10.0. The molecule has 30 heavy (non-hydrogen) atoms. The van der Waals surface area contributed by atoms with E-state index in [0.29, 0.717) is 12.3 Å². The van der Waals surface area contributed by atoms with Crippen LogP contribution in [0.25, 0.3) is 0 Å². The van der Waals surface area contributed by atoms with E-state index in [1.165, 1.54) is 5.69 Å². The molecule has 1 fully saturated rings. The Balaban J connectivity index is 1.39. The molecular weight excluding hydrogens is 384 g/mol. The summed E-state index contributed by atoms with van der Waals surface area (Å²) in [5.74, 6) is 2.05. The van der Waals surface area contributed by atoms with Gasteiger partial charge in [-0.3, -0.25) is 9.69 Å². The second kappa shape index (κ2) is 9.04. The molecule has 3 heterocycles. The second-order valence-electron chi connectivity index (χ2n) is 7.29. The minimum atomic E-state index is -0.250. The van der Waals surface area contributed by atoms with Gasteiger partial charge in [0.25, 0.3) is 5.91 Å². The molecule has 1 saturated heterocycles. The van der Waals surface area contributed by atoms with Crippen molar-refractivity contribution in [1.82, 2.24) is 15.4 Å². The predicted molar refractivity (Wildman–Crippen MR) is 112 cm³/mol. The number of rotatable bonds is 7. The van der Waals surface area contributed by atoms with Crippen LogP contribution in [0.5, 0.6) is 5.75 Å². The standard InChI is InChI=1S/C22H26N4O4/c1-16-14-19(24-30-16)22(27)23-15-20(21-4-3-13-29-21)26-11-9-25(10-12-26)17-5-7-18(28-2)8-6-17/h3-8,13-14,20H,9-12,15H2,1-2H3,(H,23,27)/t20-/m1/s1. The van der Waals surface area contributed by atoms with Crippen LogP contribution in [0.3, 0.4) is 0 Å². The van der Waals surface area contributed by atoms with Gasteiger partial charge in [0.1, 0.15) is 17.3 Å². The maximum absolute atomic E-state index is 12.4. The molecule has 0 bridgehead atoms. The third-order valence-electron chi connectivity index (χ3n) is 5.38. The number of carbonyl (C=O) groups is 1.